The predicted molar refractivity (Wildman–Crippen MR) is 80.6 cm³/mol. The molecule has 0 bridgehead atoms. The third kappa shape index (κ3) is 2.16. The minimum Gasteiger partial charge on any atom is -0.496 e. The number of nitrogens with two attached hydrogens (primary N) is 1. The number of hydrogen-bond acceptors (Lipinski definition) is 4. The second-order valence-electron chi connectivity index (χ2n) is 4.70. The van der Waals surface area contributed by atoms with Gasteiger partial charge in [-0.2, -0.15) is 0 Å². The highest BCUT2D eigenvalue weighted by atomic mass is 19.1. The van der Waals surface area contributed by atoms with E-state index in [0.29, 0.717) is 17.1 Å². The van der Waals surface area contributed by atoms with Crippen molar-refractivity contribution in [2.75, 3.05) is 12.8 Å². The minimum absolute atomic E-state index is 0.160. The monoisotopic (exact) mass is 283 g/mol. The molecule has 1 heterocycles. The second-order valence-corrected chi connectivity index (χ2v) is 4.70. The molecule has 2 N–H and O–H groups in total. The van der Waals surface area contributed by atoms with Crippen LogP contribution in [-0.2, 0) is 0 Å². The van der Waals surface area contributed by atoms with Gasteiger partial charge in [-0.25, -0.2) is 14.4 Å². The first kappa shape index (κ1) is 13.3. The zero-order chi connectivity index (χ0) is 15.0. The first-order chi connectivity index (χ1) is 10.1. The van der Waals surface area contributed by atoms with Crippen LogP contribution in [-0.4, -0.2) is 17.1 Å². The van der Waals surface area contributed by atoms with Crippen LogP contribution in [0.1, 0.15) is 5.69 Å². The van der Waals surface area contributed by atoms with Crippen molar-refractivity contribution in [1.82, 2.24) is 9.97 Å². The van der Waals surface area contributed by atoms with Gasteiger partial charge in [0.05, 0.1) is 18.4 Å². The van der Waals surface area contributed by atoms with E-state index in [1.165, 1.54) is 0 Å². The van der Waals surface area contributed by atoms with Gasteiger partial charge in [-0.05, 0) is 23.8 Å². The van der Waals surface area contributed by atoms with Crippen LogP contribution in [0.4, 0.5) is 10.2 Å². The summed E-state index contributed by atoms with van der Waals surface area (Å²) in [5.74, 6) is 0.240. The third-order valence-electron chi connectivity index (χ3n) is 3.38. The highest BCUT2D eigenvalue weighted by Gasteiger charge is 2.16. The van der Waals surface area contributed by atoms with E-state index in [2.05, 4.69) is 9.97 Å². The van der Waals surface area contributed by atoms with E-state index >= 15 is 0 Å². The van der Waals surface area contributed by atoms with E-state index in [1.54, 1.807) is 14.0 Å². The smallest absolute Gasteiger partial charge is 0.186 e. The van der Waals surface area contributed by atoms with Gasteiger partial charge in [0.25, 0.3) is 0 Å². The number of rotatable bonds is 2. The van der Waals surface area contributed by atoms with E-state index in [4.69, 9.17) is 10.5 Å². The summed E-state index contributed by atoms with van der Waals surface area (Å²) < 4.78 is 19.0. The van der Waals surface area contributed by atoms with Crippen molar-refractivity contribution in [3.05, 3.63) is 47.9 Å². The quantitative estimate of drug-likeness (QED) is 0.783. The summed E-state index contributed by atoms with van der Waals surface area (Å²) in [4.78, 5) is 8.29. The van der Waals surface area contributed by atoms with Crippen LogP contribution in [0.15, 0.2) is 36.4 Å². The van der Waals surface area contributed by atoms with E-state index in [9.17, 15) is 4.39 Å². The van der Waals surface area contributed by atoms with Gasteiger partial charge in [-0.1, -0.05) is 30.3 Å². The zero-order valence-electron chi connectivity index (χ0n) is 11.7. The zero-order valence-corrected chi connectivity index (χ0v) is 11.7. The van der Waals surface area contributed by atoms with Gasteiger partial charge in [0.2, 0.25) is 0 Å². The van der Waals surface area contributed by atoms with Crippen LogP contribution in [0.25, 0.3) is 22.2 Å². The molecule has 106 valence electrons. The van der Waals surface area contributed by atoms with E-state index in [1.807, 2.05) is 36.4 Å². The van der Waals surface area contributed by atoms with Crippen molar-refractivity contribution in [2.24, 2.45) is 0 Å². The lowest BCUT2D eigenvalue weighted by Gasteiger charge is -2.12. The van der Waals surface area contributed by atoms with Crippen LogP contribution in [0.2, 0.25) is 0 Å². The van der Waals surface area contributed by atoms with Gasteiger partial charge in [0, 0.05) is 0 Å². The van der Waals surface area contributed by atoms with E-state index in [0.717, 1.165) is 10.8 Å². The number of aromatic nitrogens is 2. The SMILES string of the molecule is COc1ccc2ccccc2c1-c1nc(C)c(F)c(N)n1. The topological polar surface area (TPSA) is 61.0 Å². The van der Waals surface area contributed by atoms with E-state index < -0.39 is 5.82 Å². The fourth-order valence-electron chi connectivity index (χ4n) is 2.35. The van der Waals surface area contributed by atoms with Crippen molar-refractivity contribution in [2.45, 2.75) is 6.92 Å². The fourth-order valence-corrected chi connectivity index (χ4v) is 2.35. The average molecular weight is 283 g/mol. The molecule has 0 atom stereocenters. The predicted octanol–water partition coefficient (Wildman–Crippen LogP) is 3.34. The Morgan fingerprint density at radius 3 is 2.57 bits per heavy atom. The first-order valence-electron chi connectivity index (χ1n) is 6.47. The van der Waals surface area contributed by atoms with Gasteiger partial charge in [0.1, 0.15) is 5.75 Å². The number of halogens is 1. The maximum absolute atomic E-state index is 13.6. The molecule has 0 spiro atoms. The van der Waals surface area contributed by atoms with Crippen LogP contribution in [0, 0.1) is 12.7 Å². The van der Waals surface area contributed by atoms with Gasteiger partial charge < -0.3 is 10.5 Å². The Hall–Kier alpha value is -2.69. The lowest BCUT2D eigenvalue weighted by atomic mass is 10.0. The third-order valence-corrected chi connectivity index (χ3v) is 3.38. The number of benzene rings is 2. The molecule has 21 heavy (non-hydrogen) atoms. The number of ether oxygens (including phenoxy) is 1. The van der Waals surface area contributed by atoms with Gasteiger partial charge in [-0.15, -0.1) is 0 Å². The average Bonchev–Trinajstić information content (AvgIpc) is 2.51. The lowest BCUT2D eigenvalue weighted by molar-refractivity contribution is 0.416. The Balaban J connectivity index is 2.38. The Kier molecular flexibility index (Phi) is 3.17. The van der Waals surface area contributed by atoms with Crippen LogP contribution in [0.5, 0.6) is 5.75 Å². The largest absolute Gasteiger partial charge is 0.496 e. The first-order valence-corrected chi connectivity index (χ1v) is 6.47. The van der Waals surface area contributed by atoms with Crippen molar-refractivity contribution in [3.63, 3.8) is 0 Å². The number of nitrogen functional groups attached to an aromatic ring is 1. The highest BCUT2D eigenvalue weighted by molar-refractivity contribution is 5.98. The molecule has 0 saturated heterocycles. The number of nitrogens with zero attached hydrogens (tertiary/aromatic N) is 2. The molecule has 0 amide bonds. The maximum atomic E-state index is 13.6. The van der Waals surface area contributed by atoms with Crippen LogP contribution < -0.4 is 10.5 Å². The second kappa shape index (κ2) is 5.01. The molecule has 1 aromatic heterocycles. The van der Waals surface area contributed by atoms with Gasteiger partial charge in [0.15, 0.2) is 17.5 Å². The summed E-state index contributed by atoms with van der Waals surface area (Å²) in [7, 11) is 1.58. The molecule has 0 radical (unpaired) electrons. The summed E-state index contributed by atoms with van der Waals surface area (Å²) >= 11 is 0. The molecule has 0 fully saturated rings. The van der Waals surface area contributed by atoms with Crippen LogP contribution >= 0.6 is 0 Å². The maximum Gasteiger partial charge on any atom is 0.186 e. The molecule has 0 unspecified atom stereocenters. The molecular formula is C16H14FN3O. The number of anilines is 1. The van der Waals surface area contributed by atoms with Crippen molar-refractivity contribution < 1.29 is 9.13 Å². The number of aryl methyl sites for hydroxylation is 1. The standard InChI is InChI=1S/C16H14FN3O/c1-9-14(17)15(18)20-16(19-9)13-11-6-4-3-5-10(11)7-8-12(13)21-2/h3-8H,1-2H3,(H2,18,19,20). The molecule has 0 aliphatic heterocycles. The summed E-state index contributed by atoms with van der Waals surface area (Å²) in [5, 5.41) is 1.96. The Morgan fingerprint density at radius 1 is 1.10 bits per heavy atom. The fraction of sp³-hybridized carbons (Fsp3) is 0.125. The molecule has 5 heteroatoms. The Bertz CT molecular complexity index is 810. The van der Waals surface area contributed by atoms with Crippen LogP contribution in [0.3, 0.4) is 0 Å². The normalized spacial score (nSPS) is 10.8. The molecule has 0 aliphatic carbocycles. The molecule has 0 saturated carbocycles. The molecular weight excluding hydrogens is 269 g/mol. The molecule has 2 aromatic carbocycles. The van der Waals surface area contributed by atoms with Crippen molar-refractivity contribution in [1.29, 1.82) is 0 Å². The van der Waals surface area contributed by atoms with Gasteiger partial charge in [-0.3, -0.25) is 0 Å². The van der Waals surface area contributed by atoms with Gasteiger partial charge >= 0.3 is 0 Å². The van der Waals surface area contributed by atoms with Crippen molar-refractivity contribution in [3.8, 4) is 17.1 Å². The molecule has 0 aliphatic rings. The molecule has 3 aromatic rings. The van der Waals surface area contributed by atoms with E-state index in [-0.39, 0.29) is 11.5 Å². The molecule has 4 nitrogen and oxygen atoms in total. The van der Waals surface area contributed by atoms with Crippen molar-refractivity contribution >= 4 is 16.6 Å². The molecule has 3 rings (SSSR count). The minimum atomic E-state index is -0.585. The number of hydrogen-bond donors (Lipinski definition) is 1. The summed E-state index contributed by atoms with van der Waals surface area (Å²) in [6, 6.07) is 11.6. The Morgan fingerprint density at radius 2 is 1.86 bits per heavy atom. The lowest BCUT2D eigenvalue weighted by Crippen LogP contribution is -2.04. The summed E-state index contributed by atoms with van der Waals surface area (Å²) in [5.41, 5.74) is 6.56. The highest BCUT2D eigenvalue weighted by Crippen LogP contribution is 2.35. The summed E-state index contributed by atoms with van der Waals surface area (Å²) in [6.07, 6.45) is 0. The number of fused-ring (bicyclic) bond motifs is 1. The Labute approximate surface area is 121 Å². The number of methoxy groups -OCH3 is 1. The summed E-state index contributed by atoms with van der Waals surface area (Å²) in [6.45, 7) is 1.56.